The third kappa shape index (κ3) is 2.49. The molecule has 0 bridgehead atoms. The van der Waals surface area contributed by atoms with E-state index in [4.69, 9.17) is 0 Å². The van der Waals surface area contributed by atoms with Crippen molar-refractivity contribution in [2.75, 3.05) is 6.61 Å². The van der Waals surface area contributed by atoms with Crippen molar-refractivity contribution in [3.8, 4) is 0 Å². The van der Waals surface area contributed by atoms with Crippen LogP contribution in [0.15, 0.2) is 0 Å². The van der Waals surface area contributed by atoms with Crippen LogP contribution in [0.1, 0.15) is 58.8 Å². The highest BCUT2D eigenvalue weighted by molar-refractivity contribution is 5.80. The molecule has 0 aliphatic heterocycles. The fraction of sp³-hybridized carbons (Fsp3) is 0.929. The first-order chi connectivity index (χ1) is 7.99. The lowest BCUT2D eigenvalue weighted by Gasteiger charge is -2.44. The van der Waals surface area contributed by atoms with Crippen LogP contribution < -0.4 is 5.32 Å². The normalized spacial score (nSPS) is 30.4. The second-order valence-corrected chi connectivity index (χ2v) is 6.57. The number of carbonyl (C=O) groups is 1. The molecule has 0 saturated heterocycles. The van der Waals surface area contributed by atoms with Crippen LogP contribution in [-0.4, -0.2) is 23.2 Å². The molecule has 2 aliphatic rings. The van der Waals surface area contributed by atoms with Crippen LogP contribution in [0.3, 0.4) is 0 Å². The number of hydrogen-bond acceptors (Lipinski definition) is 2. The van der Waals surface area contributed by atoms with E-state index in [1.807, 2.05) is 0 Å². The van der Waals surface area contributed by atoms with Crippen LogP contribution in [0.2, 0.25) is 0 Å². The zero-order valence-corrected chi connectivity index (χ0v) is 11.1. The first-order valence-corrected chi connectivity index (χ1v) is 6.92. The molecule has 17 heavy (non-hydrogen) atoms. The number of aliphatic hydroxyl groups is 1. The predicted octanol–water partition coefficient (Wildman–Crippen LogP) is 2.23. The van der Waals surface area contributed by atoms with E-state index in [0.717, 1.165) is 38.5 Å². The Bertz CT molecular complexity index is 289. The van der Waals surface area contributed by atoms with Gasteiger partial charge in [-0.05, 0) is 37.5 Å². The Balaban J connectivity index is 1.99. The van der Waals surface area contributed by atoms with Gasteiger partial charge in [-0.2, -0.15) is 0 Å². The number of carbonyl (C=O) groups excluding carboxylic acids is 1. The van der Waals surface area contributed by atoms with E-state index >= 15 is 0 Å². The predicted molar refractivity (Wildman–Crippen MR) is 67.5 cm³/mol. The van der Waals surface area contributed by atoms with Gasteiger partial charge in [0.2, 0.25) is 5.91 Å². The van der Waals surface area contributed by atoms with Gasteiger partial charge in [-0.1, -0.05) is 26.7 Å². The van der Waals surface area contributed by atoms with Crippen molar-refractivity contribution >= 4 is 5.91 Å². The maximum atomic E-state index is 12.4. The minimum atomic E-state index is -0.287. The molecule has 0 aromatic heterocycles. The van der Waals surface area contributed by atoms with Crippen LogP contribution >= 0.6 is 0 Å². The summed E-state index contributed by atoms with van der Waals surface area (Å²) in [5.74, 6) is 0.295. The lowest BCUT2D eigenvalue weighted by atomic mass is 9.67. The van der Waals surface area contributed by atoms with Crippen LogP contribution in [0.4, 0.5) is 0 Å². The van der Waals surface area contributed by atoms with E-state index < -0.39 is 0 Å². The van der Waals surface area contributed by atoms with Crippen molar-refractivity contribution in [2.45, 2.75) is 64.3 Å². The molecule has 0 aromatic rings. The van der Waals surface area contributed by atoms with Gasteiger partial charge in [0.1, 0.15) is 0 Å². The van der Waals surface area contributed by atoms with Gasteiger partial charge in [-0.25, -0.2) is 0 Å². The van der Waals surface area contributed by atoms with Crippen molar-refractivity contribution in [1.29, 1.82) is 0 Å². The highest BCUT2D eigenvalue weighted by Crippen LogP contribution is 2.41. The lowest BCUT2D eigenvalue weighted by molar-refractivity contribution is -0.134. The Morgan fingerprint density at radius 3 is 2.41 bits per heavy atom. The quantitative estimate of drug-likeness (QED) is 0.793. The van der Waals surface area contributed by atoms with Gasteiger partial charge in [0.25, 0.3) is 0 Å². The molecule has 2 saturated carbocycles. The average molecular weight is 239 g/mol. The van der Waals surface area contributed by atoms with Crippen molar-refractivity contribution in [3.05, 3.63) is 0 Å². The summed E-state index contributed by atoms with van der Waals surface area (Å²) >= 11 is 0. The van der Waals surface area contributed by atoms with Gasteiger partial charge in [-0.15, -0.1) is 0 Å². The highest BCUT2D eigenvalue weighted by Gasteiger charge is 2.43. The average Bonchev–Trinajstić information content (AvgIpc) is 2.22. The molecular formula is C14H25NO2. The van der Waals surface area contributed by atoms with E-state index in [0.29, 0.717) is 0 Å². The van der Waals surface area contributed by atoms with E-state index in [2.05, 4.69) is 19.2 Å². The SMILES string of the molecule is CC1(C)CCCCC1C(=O)NC1(CO)CCC1. The standard InChI is InChI=1S/C14H25NO2/c1-13(2)7-4-3-6-11(13)12(17)15-14(10-16)8-5-9-14/h11,16H,3-10H2,1-2H3,(H,15,17). The first kappa shape index (κ1) is 12.9. The van der Waals surface area contributed by atoms with Crippen molar-refractivity contribution in [1.82, 2.24) is 5.32 Å². The molecule has 0 aromatic carbocycles. The summed E-state index contributed by atoms with van der Waals surface area (Å²) in [4.78, 5) is 12.4. The fourth-order valence-corrected chi connectivity index (χ4v) is 3.25. The minimum absolute atomic E-state index is 0.0892. The summed E-state index contributed by atoms with van der Waals surface area (Å²) < 4.78 is 0. The Hall–Kier alpha value is -0.570. The maximum Gasteiger partial charge on any atom is 0.224 e. The van der Waals surface area contributed by atoms with Crippen LogP contribution in [-0.2, 0) is 4.79 Å². The van der Waals surface area contributed by atoms with Crippen LogP contribution in [0, 0.1) is 11.3 Å². The van der Waals surface area contributed by atoms with Crippen molar-refractivity contribution in [3.63, 3.8) is 0 Å². The third-order valence-corrected chi connectivity index (χ3v) is 4.83. The molecule has 0 spiro atoms. The minimum Gasteiger partial charge on any atom is -0.394 e. The Morgan fingerprint density at radius 1 is 1.24 bits per heavy atom. The van der Waals surface area contributed by atoms with E-state index in [9.17, 15) is 9.90 Å². The largest absolute Gasteiger partial charge is 0.394 e. The van der Waals surface area contributed by atoms with E-state index in [-0.39, 0.29) is 29.4 Å². The summed E-state index contributed by atoms with van der Waals surface area (Å²) in [6, 6.07) is 0. The first-order valence-electron chi connectivity index (χ1n) is 6.92. The number of rotatable bonds is 3. The molecule has 0 radical (unpaired) electrons. The molecule has 2 fully saturated rings. The molecule has 2 N–H and O–H groups in total. The molecule has 1 amide bonds. The Morgan fingerprint density at radius 2 is 1.94 bits per heavy atom. The molecule has 2 aliphatic carbocycles. The molecule has 3 heteroatoms. The molecule has 2 rings (SSSR count). The smallest absolute Gasteiger partial charge is 0.224 e. The molecule has 0 heterocycles. The van der Waals surface area contributed by atoms with E-state index in [1.165, 1.54) is 6.42 Å². The van der Waals surface area contributed by atoms with Crippen molar-refractivity contribution in [2.24, 2.45) is 11.3 Å². The highest BCUT2D eigenvalue weighted by atomic mass is 16.3. The Kier molecular flexibility index (Phi) is 3.48. The van der Waals surface area contributed by atoms with Crippen molar-refractivity contribution < 1.29 is 9.90 Å². The molecule has 1 unspecified atom stereocenters. The second kappa shape index (κ2) is 4.60. The van der Waals surface area contributed by atoms with Crippen LogP contribution in [0.25, 0.3) is 0 Å². The van der Waals surface area contributed by atoms with Gasteiger partial charge < -0.3 is 10.4 Å². The molecule has 3 nitrogen and oxygen atoms in total. The molecule has 1 atom stereocenters. The summed E-state index contributed by atoms with van der Waals surface area (Å²) in [7, 11) is 0. The summed E-state index contributed by atoms with van der Waals surface area (Å²) in [5.41, 5.74) is -0.173. The zero-order valence-electron chi connectivity index (χ0n) is 11.1. The lowest BCUT2D eigenvalue weighted by Crippen LogP contribution is -2.58. The third-order valence-electron chi connectivity index (χ3n) is 4.83. The number of amides is 1. The topological polar surface area (TPSA) is 49.3 Å². The fourth-order valence-electron chi connectivity index (χ4n) is 3.25. The van der Waals surface area contributed by atoms with Gasteiger partial charge >= 0.3 is 0 Å². The summed E-state index contributed by atoms with van der Waals surface area (Å²) in [6.07, 6.45) is 7.52. The van der Waals surface area contributed by atoms with E-state index in [1.54, 1.807) is 0 Å². The summed E-state index contributed by atoms with van der Waals surface area (Å²) in [6.45, 7) is 4.48. The van der Waals surface area contributed by atoms with Gasteiger partial charge in [0, 0.05) is 5.92 Å². The Labute approximate surface area is 104 Å². The van der Waals surface area contributed by atoms with Gasteiger partial charge in [0.15, 0.2) is 0 Å². The monoisotopic (exact) mass is 239 g/mol. The second-order valence-electron chi connectivity index (χ2n) is 6.57. The molecule has 98 valence electrons. The number of nitrogens with one attached hydrogen (secondary N) is 1. The van der Waals surface area contributed by atoms with Gasteiger partial charge in [-0.3, -0.25) is 4.79 Å². The number of aliphatic hydroxyl groups excluding tert-OH is 1. The number of hydrogen-bond donors (Lipinski definition) is 2. The van der Waals surface area contributed by atoms with Gasteiger partial charge in [0.05, 0.1) is 12.1 Å². The summed E-state index contributed by atoms with van der Waals surface area (Å²) in [5, 5.41) is 12.5. The zero-order chi connectivity index (χ0) is 12.5. The van der Waals surface area contributed by atoms with Crippen LogP contribution in [0.5, 0.6) is 0 Å². The maximum absolute atomic E-state index is 12.4. The molecular weight excluding hydrogens is 214 g/mol.